The Morgan fingerprint density at radius 3 is 2.39 bits per heavy atom. The summed E-state index contributed by atoms with van der Waals surface area (Å²) in [6.07, 6.45) is 0.718. The second-order valence-corrected chi connectivity index (χ2v) is 10.0. The van der Waals surface area contributed by atoms with Crippen molar-refractivity contribution in [2.75, 3.05) is 26.2 Å². The minimum atomic E-state index is -3.83. The van der Waals surface area contributed by atoms with E-state index in [1.165, 1.54) is 22.5 Å². The van der Waals surface area contributed by atoms with Gasteiger partial charge in [-0.3, -0.25) is 9.59 Å². The first-order chi connectivity index (χ1) is 15.7. The van der Waals surface area contributed by atoms with Crippen molar-refractivity contribution in [3.05, 3.63) is 64.7 Å². The number of carbonyl (C=O) groups excluding carboxylic acids is 2. The summed E-state index contributed by atoms with van der Waals surface area (Å²) in [6.45, 7) is 0.748. The summed E-state index contributed by atoms with van der Waals surface area (Å²) in [5.41, 5.74) is 0.557. The van der Waals surface area contributed by atoms with Gasteiger partial charge in [-0.05, 0) is 48.7 Å². The van der Waals surface area contributed by atoms with Gasteiger partial charge in [-0.1, -0.05) is 23.7 Å². The number of rotatable bonds is 8. The third-order valence-corrected chi connectivity index (χ3v) is 7.54. The number of halogens is 3. The topological polar surface area (TPSA) is 95.6 Å². The largest absolute Gasteiger partial charge is 0.354 e. The van der Waals surface area contributed by atoms with E-state index in [0.29, 0.717) is 18.4 Å². The van der Waals surface area contributed by atoms with Crippen molar-refractivity contribution in [2.24, 2.45) is 5.92 Å². The number of piperidine rings is 1. The molecule has 0 atom stereocenters. The number of carbonyl (C=O) groups is 2. The molecule has 0 unspecified atom stereocenters. The lowest BCUT2D eigenvalue weighted by molar-refractivity contribution is -0.126. The van der Waals surface area contributed by atoms with Crippen LogP contribution in [0, 0.1) is 17.6 Å². The van der Waals surface area contributed by atoms with Gasteiger partial charge in [0.25, 0.3) is 0 Å². The second kappa shape index (κ2) is 11.0. The summed E-state index contributed by atoms with van der Waals surface area (Å²) in [5, 5.41) is 5.13. The fraction of sp³-hybridized carbons (Fsp3) is 0.364. The average molecular weight is 500 g/mol. The predicted molar refractivity (Wildman–Crippen MR) is 119 cm³/mol. The van der Waals surface area contributed by atoms with Crippen molar-refractivity contribution in [1.82, 2.24) is 14.9 Å². The lowest BCUT2D eigenvalue weighted by atomic mass is 9.97. The van der Waals surface area contributed by atoms with Crippen molar-refractivity contribution < 1.29 is 26.8 Å². The Labute approximate surface area is 196 Å². The third kappa shape index (κ3) is 6.72. The maximum absolute atomic E-state index is 13.3. The van der Waals surface area contributed by atoms with Crippen LogP contribution in [0.1, 0.15) is 18.4 Å². The number of hydrogen-bond donors (Lipinski definition) is 2. The minimum Gasteiger partial charge on any atom is -0.354 e. The lowest BCUT2D eigenvalue weighted by Crippen LogP contribution is -2.44. The molecule has 1 aliphatic rings. The van der Waals surface area contributed by atoms with Crippen LogP contribution in [0.15, 0.2) is 47.4 Å². The van der Waals surface area contributed by atoms with Crippen molar-refractivity contribution in [3.63, 3.8) is 0 Å². The normalized spacial score (nSPS) is 15.2. The van der Waals surface area contributed by atoms with Crippen LogP contribution < -0.4 is 10.6 Å². The van der Waals surface area contributed by atoms with Crippen molar-refractivity contribution in [3.8, 4) is 0 Å². The summed E-state index contributed by atoms with van der Waals surface area (Å²) >= 11 is 5.70. The van der Waals surface area contributed by atoms with Crippen LogP contribution in [0.5, 0.6) is 0 Å². The molecule has 11 heteroatoms. The van der Waals surface area contributed by atoms with E-state index >= 15 is 0 Å². The Morgan fingerprint density at radius 2 is 1.73 bits per heavy atom. The van der Waals surface area contributed by atoms with Crippen molar-refractivity contribution in [1.29, 1.82) is 0 Å². The zero-order valence-corrected chi connectivity index (χ0v) is 19.3. The summed E-state index contributed by atoms with van der Waals surface area (Å²) in [4.78, 5) is 24.2. The third-order valence-electron chi connectivity index (χ3n) is 5.35. The summed E-state index contributed by atoms with van der Waals surface area (Å²) in [7, 11) is -3.83. The van der Waals surface area contributed by atoms with Gasteiger partial charge in [0.2, 0.25) is 21.8 Å². The van der Waals surface area contributed by atoms with Gasteiger partial charge >= 0.3 is 0 Å². The first-order valence-corrected chi connectivity index (χ1v) is 12.2. The van der Waals surface area contributed by atoms with Crippen LogP contribution in [0.2, 0.25) is 5.02 Å². The number of sulfonamides is 1. The zero-order valence-electron chi connectivity index (χ0n) is 17.7. The molecule has 7 nitrogen and oxygen atoms in total. The Bertz CT molecular complexity index is 1120. The summed E-state index contributed by atoms with van der Waals surface area (Å²) in [6, 6.07) is 9.02. The maximum atomic E-state index is 13.3. The molecule has 178 valence electrons. The summed E-state index contributed by atoms with van der Waals surface area (Å²) < 4.78 is 53.2. The molecule has 1 heterocycles. The van der Waals surface area contributed by atoms with Gasteiger partial charge in [0.05, 0.1) is 16.3 Å². The number of nitrogens with zero attached hydrogens (tertiary/aromatic N) is 1. The molecule has 2 aromatic carbocycles. The lowest BCUT2D eigenvalue weighted by Gasteiger charge is -2.30. The van der Waals surface area contributed by atoms with E-state index in [0.717, 1.165) is 18.2 Å². The monoisotopic (exact) mass is 499 g/mol. The van der Waals surface area contributed by atoms with Gasteiger partial charge in [-0.15, -0.1) is 0 Å². The molecule has 0 aliphatic carbocycles. The maximum Gasteiger partial charge on any atom is 0.243 e. The van der Waals surface area contributed by atoms with E-state index in [4.69, 9.17) is 11.6 Å². The molecule has 0 radical (unpaired) electrons. The molecular formula is C22H24ClF2N3O4S. The standard InChI is InChI=1S/C22H24ClF2N3O4S/c23-19-14-18(4-5-20(19)25)33(31,32)28-10-6-16(7-11-28)22(30)27-9-8-26-21(29)13-15-2-1-3-17(24)12-15/h1-5,12,14,16H,6-11,13H2,(H,26,29)(H,27,30). The zero-order chi connectivity index (χ0) is 24.0. The highest BCUT2D eigenvalue weighted by Crippen LogP contribution is 2.26. The van der Waals surface area contributed by atoms with Crippen LogP contribution in [0.3, 0.4) is 0 Å². The molecule has 2 aromatic rings. The van der Waals surface area contributed by atoms with E-state index in [-0.39, 0.29) is 60.3 Å². The predicted octanol–water partition coefficient (Wildman–Crippen LogP) is 2.49. The van der Waals surface area contributed by atoms with Crippen LogP contribution in [-0.4, -0.2) is 50.7 Å². The molecule has 1 saturated heterocycles. The fourth-order valence-electron chi connectivity index (χ4n) is 3.57. The van der Waals surface area contributed by atoms with Crippen molar-refractivity contribution in [2.45, 2.75) is 24.2 Å². The molecule has 0 saturated carbocycles. The van der Waals surface area contributed by atoms with Crippen LogP contribution in [0.4, 0.5) is 8.78 Å². The van der Waals surface area contributed by atoms with E-state index in [2.05, 4.69) is 10.6 Å². The van der Waals surface area contributed by atoms with E-state index < -0.39 is 21.7 Å². The number of nitrogens with one attached hydrogen (secondary N) is 2. The van der Waals surface area contributed by atoms with Crippen LogP contribution in [0.25, 0.3) is 0 Å². The molecule has 2 N–H and O–H groups in total. The first kappa shape index (κ1) is 25.1. The molecule has 1 fully saturated rings. The quantitative estimate of drug-likeness (QED) is 0.545. The Morgan fingerprint density at radius 1 is 1.03 bits per heavy atom. The van der Waals surface area contributed by atoms with E-state index in [9.17, 15) is 26.8 Å². The molecular weight excluding hydrogens is 476 g/mol. The number of hydrogen-bond acceptors (Lipinski definition) is 4. The first-order valence-electron chi connectivity index (χ1n) is 10.4. The van der Waals surface area contributed by atoms with E-state index in [1.54, 1.807) is 6.07 Å². The highest BCUT2D eigenvalue weighted by Gasteiger charge is 2.32. The molecule has 33 heavy (non-hydrogen) atoms. The SMILES string of the molecule is O=C(Cc1cccc(F)c1)NCCNC(=O)C1CCN(S(=O)(=O)c2ccc(F)c(Cl)c2)CC1. The molecule has 3 rings (SSSR count). The Hall–Kier alpha value is -2.56. The van der Waals surface area contributed by atoms with Gasteiger partial charge < -0.3 is 10.6 Å². The van der Waals surface area contributed by atoms with Gasteiger partial charge in [0, 0.05) is 32.1 Å². The van der Waals surface area contributed by atoms with Gasteiger partial charge in [0.15, 0.2) is 0 Å². The van der Waals surface area contributed by atoms with Crippen LogP contribution in [-0.2, 0) is 26.0 Å². The molecule has 2 amide bonds. The molecule has 1 aliphatic heterocycles. The number of benzene rings is 2. The smallest absolute Gasteiger partial charge is 0.243 e. The minimum absolute atomic E-state index is 0.0396. The molecule has 0 aromatic heterocycles. The average Bonchev–Trinajstić information content (AvgIpc) is 2.78. The van der Waals surface area contributed by atoms with Gasteiger partial charge in [0.1, 0.15) is 11.6 Å². The molecule has 0 spiro atoms. The van der Waals surface area contributed by atoms with Gasteiger partial charge in [-0.25, -0.2) is 17.2 Å². The fourth-order valence-corrected chi connectivity index (χ4v) is 5.31. The Balaban J connectivity index is 1.40. The number of amides is 2. The van der Waals surface area contributed by atoms with Gasteiger partial charge in [-0.2, -0.15) is 4.31 Å². The highest BCUT2D eigenvalue weighted by atomic mass is 35.5. The summed E-state index contributed by atoms with van der Waals surface area (Å²) in [5.74, 6) is -1.95. The second-order valence-electron chi connectivity index (χ2n) is 7.70. The Kier molecular flexibility index (Phi) is 8.39. The van der Waals surface area contributed by atoms with Crippen molar-refractivity contribution >= 4 is 33.4 Å². The van der Waals surface area contributed by atoms with Crippen LogP contribution >= 0.6 is 11.6 Å². The highest BCUT2D eigenvalue weighted by molar-refractivity contribution is 7.89. The van der Waals surface area contributed by atoms with E-state index in [1.807, 2.05) is 0 Å². The molecule has 0 bridgehead atoms.